The molecule has 0 saturated carbocycles. The normalized spacial score (nSPS) is 12.8. The lowest BCUT2D eigenvalue weighted by atomic mass is 9.98. The van der Waals surface area contributed by atoms with Gasteiger partial charge >= 0.3 is 12.1 Å². The van der Waals surface area contributed by atoms with Crippen molar-refractivity contribution in [3.8, 4) is 11.1 Å². The number of aromatic nitrogens is 2. The molecule has 0 spiro atoms. The summed E-state index contributed by atoms with van der Waals surface area (Å²) in [5.41, 5.74) is 4.25. The van der Waals surface area contributed by atoms with Crippen LogP contribution in [0, 0.1) is 0 Å². The highest BCUT2D eigenvalue weighted by Crippen LogP contribution is 2.44. The van der Waals surface area contributed by atoms with Gasteiger partial charge in [-0.3, -0.25) is 9.48 Å². The van der Waals surface area contributed by atoms with Gasteiger partial charge in [-0.15, -0.1) is 6.58 Å². The molecule has 9 nitrogen and oxygen atoms in total. The summed E-state index contributed by atoms with van der Waals surface area (Å²) < 4.78 is 6.80. The van der Waals surface area contributed by atoms with E-state index in [4.69, 9.17) is 4.74 Å². The van der Waals surface area contributed by atoms with Crippen molar-refractivity contribution in [1.29, 1.82) is 0 Å². The summed E-state index contributed by atoms with van der Waals surface area (Å²) in [6.45, 7) is 3.77. The number of carboxylic acids is 1. The molecule has 0 bridgehead atoms. The van der Waals surface area contributed by atoms with Gasteiger partial charge < -0.3 is 20.5 Å². The molecule has 3 aromatic rings. The predicted molar refractivity (Wildman–Crippen MR) is 130 cm³/mol. The number of ether oxygens (including phenoxy) is 1. The quantitative estimate of drug-likeness (QED) is 0.404. The van der Waals surface area contributed by atoms with E-state index in [-0.39, 0.29) is 30.3 Å². The van der Waals surface area contributed by atoms with Gasteiger partial charge in [-0.2, -0.15) is 5.10 Å². The number of nitrogens with one attached hydrogen (secondary N) is 2. The van der Waals surface area contributed by atoms with Crippen molar-refractivity contribution in [3.63, 3.8) is 0 Å². The standard InChI is InChI=1S/C26H26N4O5/c1-3-4-13-22(24(31)29-23-20(25(32)33)14-27-30(23)2)28-26(34)35-15-21-18-11-7-5-9-16(18)17-10-6-8-12-19(17)21/h3,5-12,14,21-22H,1,4,13,15H2,2H3,(H,28,34)(H,29,31)(H,32,33). The third-order valence-electron chi connectivity index (χ3n) is 6.02. The zero-order chi connectivity index (χ0) is 24.9. The number of carbonyl (C=O) groups excluding carboxylic acids is 2. The van der Waals surface area contributed by atoms with Crippen LogP contribution in [0.4, 0.5) is 10.6 Å². The molecule has 9 heteroatoms. The molecule has 1 aliphatic rings. The van der Waals surface area contributed by atoms with Gasteiger partial charge in [-0.25, -0.2) is 9.59 Å². The van der Waals surface area contributed by atoms with E-state index < -0.39 is 24.0 Å². The summed E-state index contributed by atoms with van der Waals surface area (Å²) in [6.07, 6.45) is 2.76. The van der Waals surface area contributed by atoms with Gasteiger partial charge in [0, 0.05) is 13.0 Å². The molecule has 1 heterocycles. The highest BCUT2D eigenvalue weighted by Gasteiger charge is 2.30. The minimum atomic E-state index is -1.22. The Balaban J connectivity index is 1.44. The fourth-order valence-electron chi connectivity index (χ4n) is 4.28. The lowest BCUT2D eigenvalue weighted by molar-refractivity contribution is -0.118. The summed E-state index contributed by atoms with van der Waals surface area (Å²) in [4.78, 5) is 37.0. The highest BCUT2D eigenvalue weighted by molar-refractivity contribution is 6.01. The lowest BCUT2D eigenvalue weighted by Crippen LogP contribution is -2.44. The molecule has 1 aromatic heterocycles. The van der Waals surface area contributed by atoms with E-state index in [1.807, 2.05) is 48.5 Å². The van der Waals surface area contributed by atoms with Crippen molar-refractivity contribution in [3.05, 3.63) is 84.1 Å². The maximum Gasteiger partial charge on any atom is 0.407 e. The van der Waals surface area contributed by atoms with Gasteiger partial charge in [0.1, 0.15) is 24.0 Å². The number of rotatable bonds is 9. The monoisotopic (exact) mass is 474 g/mol. The number of hydrogen-bond acceptors (Lipinski definition) is 5. The van der Waals surface area contributed by atoms with Crippen molar-refractivity contribution in [2.24, 2.45) is 7.05 Å². The SMILES string of the molecule is C=CCCC(NC(=O)OCC1c2ccccc2-c2ccccc21)C(=O)Nc1c(C(=O)O)cnn1C. The number of anilines is 1. The van der Waals surface area contributed by atoms with Crippen molar-refractivity contribution < 1.29 is 24.2 Å². The fourth-order valence-corrected chi connectivity index (χ4v) is 4.28. The summed E-state index contributed by atoms with van der Waals surface area (Å²) in [5.74, 6) is -1.88. The molecule has 0 fully saturated rings. The van der Waals surface area contributed by atoms with Crippen LogP contribution in [0.25, 0.3) is 11.1 Å². The van der Waals surface area contributed by atoms with Gasteiger partial charge in [0.2, 0.25) is 5.91 Å². The molecule has 3 N–H and O–H groups in total. The molecule has 180 valence electrons. The maximum atomic E-state index is 12.9. The van der Waals surface area contributed by atoms with Crippen LogP contribution in [0.3, 0.4) is 0 Å². The van der Waals surface area contributed by atoms with E-state index in [0.717, 1.165) is 28.5 Å². The van der Waals surface area contributed by atoms with Crippen LogP contribution in [0.1, 0.15) is 40.2 Å². The largest absolute Gasteiger partial charge is 0.477 e. The third-order valence-corrected chi connectivity index (χ3v) is 6.02. The number of carbonyl (C=O) groups is 3. The van der Waals surface area contributed by atoms with Crippen molar-refractivity contribution >= 4 is 23.8 Å². The molecule has 2 amide bonds. The molecule has 1 atom stereocenters. The Labute approximate surface area is 202 Å². The predicted octanol–water partition coefficient (Wildman–Crippen LogP) is 3.93. The van der Waals surface area contributed by atoms with Crippen molar-refractivity contribution in [1.82, 2.24) is 15.1 Å². The zero-order valence-electron chi connectivity index (χ0n) is 19.2. The van der Waals surface area contributed by atoms with E-state index in [0.29, 0.717) is 6.42 Å². The molecule has 0 radical (unpaired) electrons. The number of aryl methyl sites for hydroxylation is 1. The average molecular weight is 475 g/mol. The first-order chi connectivity index (χ1) is 16.9. The smallest absolute Gasteiger partial charge is 0.407 e. The number of benzene rings is 2. The van der Waals surface area contributed by atoms with Crippen LogP contribution < -0.4 is 10.6 Å². The van der Waals surface area contributed by atoms with Gasteiger partial charge in [0.05, 0.1) is 6.20 Å². The second-order valence-electron chi connectivity index (χ2n) is 8.21. The van der Waals surface area contributed by atoms with E-state index >= 15 is 0 Å². The van der Waals surface area contributed by atoms with E-state index in [2.05, 4.69) is 22.3 Å². The number of alkyl carbamates (subject to hydrolysis) is 1. The Hall–Kier alpha value is -4.40. The highest BCUT2D eigenvalue weighted by atomic mass is 16.5. The summed E-state index contributed by atoms with van der Waals surface area (Å²) in [7, 11) is 1.51. The first kappa shape index (κ1) is 23.7. The molecular weight excluding hydrogens is 448 g/mol. The van der Waals surface area contributed by atoms with Gasteiger partial charge in [0.15, 0.2) is 0 Å². The zero-order valence-corrected chi connectivity index (χ0v) is 19.2. The first-order valence-corrected chi connectivity index (χ1v) is 11.2. The fraction of sp³-hybridized carbons (Fsp3) is 0.231. The molecule has 35 heavy (non-hydrogen) atoms. The second kappa shape index (κ2) is 10.3. The van der Waals surface area contributed by atoms with E-state index in [1.165, 1.54) is 11.7 Å². The Morgan fingerprint density at radius 3 is 2.37 bits per heavy atom. The second-order valence-corrected chi connectivity index (χ2v) is 8.21. The summed E-state index contributed by atoms with van der Waals surface area (Å²) >= 11 is 0. The Morgan fingerprint density at radius 1 is 1.14 bits per heavy atom. The summed E-state index contributed by atoms with van der Waals surface area (Å²) in [6, 6.07) is 15.1. The van der Waals surface area contributed by atoms with Gasteiger partial charge in [-0.1, -0.05) is 54.6 Å². The van der Waals surface area contributed by atoms with Crippen molar-refractivity contribution in [2.45, 2.75) is 24.8 Å². The van der Waals surface area contributed by atoms with Crippen LogP contribution in [0.15, 0.2) is 67.4 Å². The van der Waals surface area contributed by atoms with Gasteiger partial charge in [-0.05, 0) is 35.1 Å². The topological polar surface area (TPSA) is 123 Å². The number of amides is 2. The number of aromatic carboxylic acids is 1. The van der Waals surface area contributed by atoms with Crippen LogP contribution in [-0.2, 0) is 16.6 Å². The number of hydrogen-bond donors (Lipinski definition) is 3. The van der Waals surface area contributed by atoms with Gasteiger partial charge in [0.25, 0.3) is 0 Å². The Morgan fingerprint density at radius 2 is 1.77 bits per heavy atom. The lowest BCUT2D eigenvalue weighted by Gasteiger charge is -2.19. The molecular formula is C26H26N4O5. The molecule has 0 saturated heterocycles. The Bertz CT molecular complexity index is 1240. The maximum absolute atomic E-state index is 12.9. The third kappa shape index (κ3) is 4.93. The van der Waals surface area contributed by atoms with Crippen LogP contribution in [0.2, 0.25) is 0 Å². The Kier molecular flexibility index (Phi) is 6.96. The van der Waals surface area contributed by atoms with Crippen LogP contribution in [0.5, 0.6) is 0 Å². The molecule has 4 rings (SSSR count). The van der Waals surface area contributed by atoms with E-state index in [1.54, 1.807) is 6.08 Å². The number of allylic oxidation sites excluding steroid dienone is 1. The first-order valence-electron chi connectivity index (χ1n) is 11.2. The number of carboxylic acid groups (broad SMARTS) is 1. The van der Waals surface area contributed by atoms with Crippen molar-refractivity contribution in [2.75, 3.05) is 11.9 Å². The minimum Gasteiger partial charge on any atom is -0.477 e. The average Bonchev–Trinajstić information content (AvgIpc) is 3.38. The molecule has 0 aliphatic heterocycles. The number of fused-ring (bicyclic) bond motifs is 3. The number of nitrogens with zero attached hydrogens (tertiary/aromatic N) is 2. The summed E-state index contributed by atoms with van der Waals surface area (Å²) in [5, 5.41) is 18.4. The van der Waals surface area contributed by atoms with Crippen LogP contribution in [-0.4, -0.2) is 45.5 Å². The van der Waals surface area contributed by atoms with E-state index in [9.17, 15) is 19.5 Å². The molecule has 1 unspecified atom stereocenters. The van der Waals surface area contributed by atoms with Crippen LogP contribution >= 0.6 is 0 Å². The molecule has 2 aromatic carbocycles. The molecule has 1 aliphatic carbocycles. The minimum absolute atomic E-state index is 0.0282.